The highest BCUT2D eigenvalue weighted by Gasteiger charge is 2.48. The maximum Gasteiger partial charge on any atom is 0.326 e. The summed E-state index contributed by atoms with van der Waals surface area (Å²) in [6.07, 6.45) is 1.75. The molecule has 26 nitrogen and oxygen atoms in total. The van der Waals surface area contributed by atoms with Gasteiger partial charge < -0.3 is 77.3 Å². The lowest BCUT2D eigenvalue weighted by Gasteiger charge is -2.36. The molecule has 0 aromatic heterocycles. The lowest BCUT2D eigenvalue weighted by atomic mass is 9.85. The number of fused-ring (bicyclic) bond motifs is 2. The van der Waals surface area contributed by atoms with Crippen LogP contribution in [0.3, 0.4) is 0 Å². The number of benzene rings is 6. The van der Waals surface area contributed by atoms with E-state index in [1.165, 1.54) is 34.1 Å². The van der Waals surface area contributed by atoms with Crippen LogP contribution in [0, 0.1) is 11.3 Å². The molecule has 26 heteroatoms. The van der Waals surface area contributed by atoms with E-state index >= 15 is 14.4 Å². The fraction of sp³-hybridized carbons (Fsp3) is 0.423. The molecule has 552 valence electrons. The minimum Gasteiger partial charge on any atom is -0.490 e. The molecule has 12 rings (SSSR count). The summed E-state index contributed by atoms with van der Waals surface area (Å²) >= 11 is 0. The molecule has 9 amide bonds. The number of ether oxygens (including phenoxy) is 2. The number of likely N-dealkylation sites (tertiary alicyclic amines) is 2. The van der Waals surface area contributed by atoms with Crippen molar-refractivity contribution in [3.63, 3.8) is 0 Å². The van der Waals surface area contributed by atoms with Crippen LogP contribution >= 0.6 is 0 Å². The number of amides is 9. The molecule has 8 bridgehead atoms. The van der Waals surface area contributed by atoms with Crippen LogP contribution in [0.4, 0.5) is 0 Å². The number of aliphatic carboxylic acids is 2. The van der Waals surface area contributed by atoms with E-state index in [1.807, 2.05) is 72.8 Å². The van der Waals surface area contributed by atoms with Gasteiger partial charge in [0.2, 0.25) is 47.3 Å². The van der Waals surface area contributed by atoms with Crippen LogP contribution in [0.1, 0.15) is 93.9 Å². The van der Waals surface area contributed by atoms with Crippen LogP contribution in [0.15, 0.2) is 146 Å². The number of carboxylic acid groups (broad SMARTS) is 2. The van der Waals surface area contributed by atoms with E-state index in [2.05, 4.69) is 47.9 Å². The Morgan fingerprint density at radius 3 is 1.50 bits per heavy atom. The van der Waals surface area contributed by atoms with Crippen LogP contribution in [-0.2, 0) is 78.4 Å². The molecular weight excluding hydrogens is 1330 g/mol. The predicted octanol–water partition coefficient (Wildman–Crippen LogP) is 3.89. The molecular formula is C78H95N11O15. The first-order chi connectivity index (χ1) is 49.6. The first-order valence-corrected chi connectivity index (χ1v) is 35.1. The lowest BCUT2D eigenvalue weighted by Crippen LogP contribution is -2.61. The normalized spacial score (nSPS) is 22.7. The van der Waals surface area contributed by atoms with Crippen molar-refractivity contribution in [1.29, 1.82) is 0 Å². The molecule has 6 aromatic carbocycles. The average Bonchev–Trinajstić information content (AvgIpc) is 1.65. The summed E-state index contributed by atoms with van der Waals surface area (Å²) in [6, 6.07) is 25.5. The minimum atomic E-state index is -1.59. The van der Waals surface area contributed by atoms with Gasteiger partial charge in [0.1, 0.15) is 60.7 Å². The van der Waals surface area contributed by atoms with Crippen LogP contribution in [0.25, 0.3) is 21.5 Å². The number of carbonyl (C=O) groups is 11. The monoisotopic (exact) mass is 1430 g/mol. The second-order valence-corrected chi connectivity index (χ2v) is 28.4. The fourth-order valence-corrected chi connectivity index (χ4v) is 13.0. The SMILES string of the molecule is CN[C@@H](C)C(=O)N[C@H](C(=O)N1C[C@@H]2CC1C(=O)N[C@@H](Cc1ccc3ccccc3c1)C(=O)N[C@H](C(=O)O)Cc1ccc(cc1)C(=O)N[C@H]1C[C@@H](C(=O)N[C@@H](Cc3ccc4ccccc4c3)C(=O)N[C@H](C(=O)O)Cc3ccc(cc3)OC/C=C/CO2)N(C(=O)[C@@H](NC(=O)[C@H](C)NC)C(C)(C)C)C1)C(C)C. The van der Waals surface area contributed by atoms with Crippen molar-refractivity contribution in [2.45, 2.75) is 160 Å². The van der Waals surface area contributed by atoms with Crippen LogP contribution < -0.4 is 52.6 Å². The summed E-state index contributed by atoms with van der Waals surface area (Å²) < 4.78 is 12.3. The molecule has 6 aliphatic rings. The van der Waals surface area contributed by atoms with Crippen LogP contribution in [0.2, 0.25) is 0 Å². The van der Waals surface area contributed by atoms with Crippen molar-refractivity contribution in [3.8, 4) is 5.75 Å². The van der Waals surface area contributed by atoms with Gasteiger partial charge in [-0.1, -0.05) is 150 Å². The number of nitrogens with zero attached hydrogens (tertiary/aromatic N) is 2. The summed E-state index contributed by atoms with van der Waals surface area (Å²) in [7, 11) is 3.19. The van der Waals surface area contributed by atoms with Crippen molar-refractivity contribution in [1.82, 2.24) is 57.7 Å². The van der Waals surface area contributed by atoms with Crippen molar-refractivity contribution in [2.75, 3.05) is 40.4 Å². The lowest BCUT2D eigenvalue weighted by molar-refractivity contribution is -0.145. The number of likely N-dealkylation sites (N-methyl/N-ethyl adjacent to an activating group) is 2. The van der Waals surface area contributed by atoms with E-state index in [9.17, 15) is 48.6 Å². The largest absolute Gasteiger partial charge is 0.490 e. The summed E-state index contributed by atoms with van der Waals surface area (Å²) in [5.74, 6) is -8.85. The number of carbonyl (C=O) groups excluding carboxylic acids is 9. The van der Waals surface area contributed by atoms with Gasteiger partial charge in [-0.15, -0.1) is 0 Å². The van der Waals surface area contributed by atoms with Gasteiger partial charge in [-0.2, -0.15) is 0 Å². The number of nitrogens with one attached hydrogen (secondary N) is 9. The molecule has 0 aliphatic carbocycles. The van der Waals surface area contributed by atoms with Gasteiger partial charge in [0.15, 0.2) is 0 Å². The third kappa shape index (κ3) is 20.2. The molecule has 2 fully saturated rings. The van der Waals surface area contributed by atoms with Crippen molar-refractivity contribution < 1.29 is 72.4 Å². The maximum absolute atomic E-state index is 15.2. The zero-order valence-corrected chi connectivity index (χ0v) is 60.0. The van der Waals surface area contributed by atoms with E-state index in [4.69, 9.17) is 9.47 Å². The first kappa shape index (κ1) is 77.6. The molecule has 11 N–H and O–H groups in total. The van der Waals surface area contributed by atoms with E-state index in [0.717, 1.165) is 21.5 Å². The average molecular weight is 1430 g/mol. The van der Waals surface area contributed by atoms with Gasteiger partial charge in [0.05, 0.1) is 24.8 Å². The first-order valence-electron chi connectivity index (χ1n) is 35.1. The molecule has 104 heavy (non-hydrogen) atoms. The number of hydrogen-bond acceptors (Lipinski definition) is 15. The van der Waals surface area contributed by atoms with Crippen molar-refractivity contribution in [3.05, 3.63) is 173 Å². The van der Waals surface area contributed by atoms with Crippen LogP contribution in [0.5, 0.6) is 5.75 Å². The second-order valence-electron chi connectivity index (χ2n) is 28.4. The molecule has 0 radical (unpaired) electrons. The summed E-state index contributed by atoms with van der Waals surface area (Å²) in [5, 5.41) is 50.3. The summed E-state index contributed by atoms with van der Waals surface area (Å²) in [5.41, 5.74) is 1.30. The van der Waals surface area contributed by atoms with E-state index < -0.39 is 149 Å². The Labute approximate surface area is 604 Å². The third-order valence-corrected chi connectivity index (χ3v) is 19.3. The number of hydrogen-bond donors (Lipinski definition) is 11. The standard InChI is InChI=1S/C78H95N11O15/c1-44(2)65(86-67(90)45(3)79-8)74(97)89-43-58-41-64(89)73(96)83-60(39-50-23-27-52-17-11-13-19-55(52)35-50)71(94)84-61(76(99)100)36-47-20-28-53(29-21-47)69(92)81-56-40-63(88(42-56)75(98)66(78(5,6)7)87-68(91)46(4)80-9)72(95)82-59(38-49-22-26-51-16-10-12-18-54(51)34-49)70(93)85-62(77(101)102)37-48-24-30-57(31-25-48)103-32-14-15-33-104-58/h10-31,34-35,44-46,56,58-66,79-80H,32-33,36-43H2,1-9H3,(H,81,92)(H,82,95)(H,83,96)(H,84,94)(H,85,93)(H,86,90)(H,87,91)(H,99,100)(H,101,102)/b15-14+/t45-,46-,56-,58-,59-,60-,61-,62-,63-,64?,65-,66+/m0/s1. The quantitative estimate of drug-likeness (QED) is 0.0650. The molecule has 0 spiro atoms. The van der Waals surface area contributed by atoms with E-state index in [1.54, 1.807) is 111 Å². The maximum atomic E-state index is 15.2. The van der Waals surface area contributed by atoms with Gasteiger partial charge in [-0.25, -0.2) is 9.59 Å². The molecule has 0 saturated carbocycles. The Hall–Kier alpha value is -10.6. The predicted molar refractivity (Wildman–Crippen MR) is 390 cm³/mol. The minimum absolute atomic E-state index is 0.0107. The molecule has 6 aromatic rings. The molecule has 2 saturated heterocycles. The van der Waals surface area contributed by atoms with Gasteiger partial charge in [-0.05, 0) is 120 Å². The van der Waals surface area contributed by atoms with Gasteiger partial charge in [0.25, 0.3) is 5.91 Å². The van der Waals surface area contributed by atoms with Gasteiger partial charge in [-0.3, -0.25) is 43.2 Å². The van der Waals surface area contributed by atoms with Crippen molar-refractivity contribution >= 4 is 86.6 Å². The zero-order valence-electron chi connectivity index (χ0n) is 60.0. The fourth-order valence-electron chi connectivity index (χ4n) is 13.0. The molecule has 12 atom stereocenters. The highest BCUT2D eigenvalue weighted by atomic mass is 16.5. The van der Waals surface area contributed by atoms with Gasteiger partial charge in [0, 0.05) is 56.8 Å². The highest BCUT2D eigenvalue weighted by Crippen LogP contribution is 2.29. The Morgan fingerprint density at radius 1 is 0.538 bits per heavy atom. The van der Waals surface area contributed by atoms with Crippen molar-refractivity contribution in [2.24, 2.45) is 11.3 Å². The second kappa shape index (κ2) is 35.1. The molecule has 1 unspecified atom stereocenters. The highest BCUT2D eigenvalue weighted by molar-refractivity contribution is 5.99. The smallest absolute Gasteiger partial charge is 0.326 e. The van der Waals surface area contributed by atoms with Crippen LogP contribution in [-0.4, -0.2) is 198 Å². The zero-order chi connectivity index (χ0) is 75.1. The number of carboxylic acids is 2. The molecule has 6 heterocycles. The Bertz CT molecular complexity index is 4160. The summed E-state index contributed by atoms with van der Waals surface area (Å²) in [6.45, 7) is 11.8. The topological polar surface area (TPSA) is 361 Å². The molecule has 6 aliphatic heterocycles. The Morgan fingerprint density at radius 2 is 1.01 bits per heavy atom. The summed E-state index contributed by atoms with van der Waals surface area (Å²) in [4.78, 5) is 160. The van der Waals surface area contributed by atoms with Gasteiger partial charge >= 0.3 is 11.9 Å². The van der Waals surface area contributed by atoms with E-state index in [0.29, 0.717) is 28.0 Å². The number of rotatable bonds is 15. The van der Waals surface area contributed by atoms with E-state index in [-0.39, 0.29) is 70.4 Å². The third-order valence-electron chi connectivity index (χ3n) is 19.3. The Balaban J connectivity index is 1.05. The Kier molecular flexibility index (Phi) is 26.2.